The van der Waals surface area contributed by atoms with Crippen LogP contribution in [-0.4, -0.2) is 17.8 Å². The summed E-state index contributed by atoms with van der Waals surface area (Å²) in [4.78, 5) is 18.8. The van der Waals surface area contributed by atoms with E-state index in [1.54, 1.807) is 32.3 Å². The van der Waals surface area contributed by atoms with Crippen molar-refractivity contribution in [3.8, 4) is 0 Å². The average Bonchev–Trinajstić information content (AvgIpc) is 2.13. The summed E-state index contributed by atoms with van der Waals surface area (Å²) in [6.45, 7) is 3.34. The summed E-state index contributed by atoms with van der Waals surface area (Å²) in [5.41, 5.74) is 0. The number of aliphatic imine (C=N–C) groups is 2. The number of Topliss-reactive ketones (excluding diaryl/α,β-unsaturated/α-hetero) is 1. The molecule has 0 fully saturated rings. The second-order valence-corrected chi connectivity index (χ2v) is 2.43. The molecule has 1 heterocycles. The van der Waals surface area contributed by atoms with E-state index in [4.69, 9.17) is 0 Å². The van der Waals surface area contributed by atoms with E-state index in [-0.39, 0.29) is 11.7 Å². The quantitative estimate of drug-likeness (QED) is 0.554. The van der Waals surface area contributed by atoms with Gasteiger partial charge in [-0.05, 0) is 13.8 Å². The van der Waals surface area contributed by atoms with Crippen LogP contribution in [0.4, 0.5) is 0 Å². The van der Waals surface area contributed by atoms with Crippen molar-refractivity contribution in [1.29, 1.82) is 0 Å². The number of hydrogen-bond acceptors (Lipinski definition) is 3. The van der Waals surface area contributed by atoms with Gasteiger partial charge < -0.3 is 0 Å². The minimum absolute atomic E-state index is 0.0925. The van der Waals surface area contributed by atoms with Gasteiger partial charge in [-0.2, -0.15) is 0 Å². The fourth-order valence-corrected chi connectivity index (χ4v) is 0.755. The van der Waals surface area contributed by atoms with E-state index in [1.807, 2.05) is 0 Å². The largest absolute Gasteiger partial charge is 0.299 e. The lowest BCUT2D eigenvalue weighted by Gasteiger charge is -1.96. The topological polar surface area (TPSA) is 41.8 Å². The van der Waals surface area contributed by atoms with E-state index in [2.05, 4.69) is 9.98 Å². The number of ketones is 1. The van der Waals surface area contributed by atoms with Gasteiger partial charge in [0.05, 0.1) is 5.92 Å². The minimum Gasteiger partial charge on any atom is -0.299 e. The summed E-state index contributed by atoms with van der Waals surface area (Å²) < 4.78 is 0. The van der Waals surface area contributed by atoms with Gasteiger partial charge in [-0.3, -0.25) is 4.79 Å². The molecule has 0 aliphatic carbocycles. The first-order valence-electron chi connectivity index (χ1n) is 3.46. The highest BCUT2D eigenvalue weighted by molar-refractivity contribution is 6.00. The van der Waals surface area contributed by atoms with Gasteiger partial charge in [0, 0.05) is 12.4 Å². The highest BCUT2D eigenvalue weighted by Crippen LogP contribution is 2.01. The van der Waals surface area contributed by atoms with Crippen LogP contribution in [0.25, 0.3) is 0 Å². The Balaban J connectivity index is 2.79. The molecule has 3 nitrogen and oxygen atoms in total. The molecule has 0 radical (unpaired) electrons. The van der Waals surface area contributed by atoms with E-state index in [0.717, 1.165) is 0 Å². The maximum Gasteiger partial charge on any atom is 0.142 e. The number of allylic oxidation sites excluding steroid dienone is 1. The van der Waals surface area contributed by atoms with Crippen molar-refractivity contribution in [2.45, 2.75) is 13.8 Å². The van der Waals surface area contributed by atoms with Crippen molar-refractivity contribution in [3.05, 3.63) is 12.3 Å². The molecule has 0 bridgehead atoms. The molecule has 0 saturated carbocycles. The van der Waals surface area contributed by atoms with Crippen molar-refractivity contribution in [2.24, 2.45) is 15.9 Å². The zero-order valence-corrected chi connectivity index (χ0v) is 6.61. The van der Waals surface area contributed by atoms with Crippen molar-refractivity contribution in [1.82, 2.24) is 0 Å². The highest BCUT2D eigenvalue weighted by atomic mass is 16.1. The van der Waals surface area contributed by atoms with Gasteiger partial charge >= 0.3 is 0 Å². The summed E-state index contributed by atoms with van der Waals surface area (Å²) in [7, 11) is 0. The van der Waals surface area contributed by atoms with Gasteiger partial charge in [0.2, 0.25) is 0 Å². The fourth-order valence-electron chi connectivity index (χ4n) is 0.755. The molecule has 0 spiro atoms. The van der Waals surface area contributed by atoms with Gasteiger partial charge in [0.1, 0.15) is 11.6 Å². The summed E-state index contributed by atoms with van der Waals surface area (Å²) in [5.74, 6) is 0.580. The van der Waals surface area contributed by atoms with Crippen LogP contribution in [0, 0.1) is 5.92 Å². The number of hydrogen-bond donors (Lipinski definition) is 0. The monoisotopic (exact) mass is 150 g/mol. The van der Waals surface area contributed by atoms with Crippen molar-refractivity contribution in [3.63, 3.8) is 0 Å². The Bertz CT molecular complexity index is 251. The van der Waals surface area contributed by atoms with Gasteiger partial charge in [0.15, 0.2) is 0 Å². The maximum atomic E-state index is 10.9. The Morgan fingerprint density at radius 1 is 1.64 bits per heavy atom. The molecular weight excluding hydrogens is 140 g/mol. The molecular formula is C8H10N2O. The Kier molecular flexibility index (Phi) is 2.31. The third-order valence-electron chi connectivity index (χ3n) is 1.45. The van der Waals surface area contributed by atoms with Crippen LogP contribution in [0.2, 0.25) is 0 Å². The van der Waals surface area contributed by atoms with E-state index >= 15 is 0 Å². The van der Waals surface area contributed by atoms with E-state index in [9.17, 15) is 4.79 Å². The fraction of sp³-hybridized carbons (Fsp3) is 0.375. The molecule has 0 aromatic carbocycles. The Morgan fingerprint density at radius 3 is 3.00 bits per heavy atom. The summed E-state index contributed by atoms with van der Waals surface area (Å²) in [6.07, 6.45) is 4.97. The van der Waals surface area contributed by atoms with Crippen LogP contribution in [0.3, 0.4) is 0 Å². The Labute approximate surface area is 65.6 Å². The summed E-state index contributed by atoms with van der Waals surface area (Å²) >= 11 is 0. The number of rotatable bonds is 1. The number of nitrogens with zero attached hydrogens (tertiary/aromatic N) is 2. The normalized spacial score (nSPS) is 22.7. The molecule has 0 N–H and O–H groups in total. The van der Waals surface area contributed by atoms with Crippen LogP contribution >= 0.6 is 0 Å². The van der Waals surface area contributed by atoms with Crippen LogP contribution in [0.15, 0.2) is 22.3 Å². The van der Waals surface area contributed by atoms with Crippen LogP contribution in [-0.2, 0) is 4.79 Å². The molecule has 0 saturated heterocycles. The van der Waals surface area contributed by atoms with E-state index in [0.29, 0.717) is 5.84 Å². The molecule has 3 heteroatoms. The average molecular weight is 150 g/mol. The zero-order chi connectivity index (χ0) is 8.27. The predicted molar refractivity (Wildman–Crippen MR) is 44.9 cm³/mol. The third kappa shape index (κ3) is 2.11. The highest BCUT2D eigenvalue weighted by Gasteiger charge is 2.07. The summed E-state index contributed by atoms with van der Waals surface area (Å²) in [5, 5.41) is 0. The standard InChI is InChI=1S/C8H10N2O/c1-6(11)8-3-4-9-7(2)10-5-8/h3-5,8H,1-2H3. The first-order valence-corrected chi connectivity index (χ1v) is 3.46. The second-order valence-electron chi connectivity index (χ2n) is 2.43. The molecule has 11 heavy (non-hydrogen) atoms. The molecule has 1 aliphatic heterocycles. The van der Waals surface area contributed by atoms with Crippen LogP contribution in [0.5, 0.6) is 0 Å². The van der Waals surface area contributed by atoms with Crippen molar-refractivity contribution in [2.75, 3.05) is 0 Å². The smallest absolute Gasteiger partial charge is 0.142 e. The van der Waals surface area contributed by atoms with Gasteiger partial charge in [0.25, 0.3) is 0 Å². The third-order valence-corrected chi connectivity index (χ3v) is 1.45. The van der Waals surface area contributed by atoms with Gasteiger partial charge in [-0.1, -0.05) is 6.08 Å². The number of carbonyl (C=O) groups is 1. The molecule has 0 aromatic rings. The molecule has 1 atom stereocenters. The van der Waals surface area contributed by atoms with Crippen LogP contribution in [0.1, 0.15) is 13.8 Å². The van der Waals surface area contributed by atoms with Gasteiger partial charge in [-0.15, -0.1) is 0 Å². The molecule has 58 valence electrons. The Morgan fingerprint density at radius 2 is 2.36 bits per heavy atom. The number of amidine groups is 1. The molecule has 1 rings (SSSR count). The molecule has 0 amide bonds. The lowest BCUT2D eigenvalue weighted by molar-refractivity contribution is -0.117. The Hall–Kier alpha value is -1.25. The zero-order valence-electron chi connectivity index (χ0n) is 6.61. The van der Waals surface area contributed by atoms with Gasteiger partial charge in [-0.25, -0.2) is 9.98 Å². The second kappa shape index (κ2) is 3.23. The molecule has 1 unspecified atom stereocenters. The van der Waals surface area contributed by atoms with Crippen LogP contribution < -0.4 is 0 Å². The van der Waals surface area contributed by atoms with E-state index in [1.165, 1.54) is 0 Å². The number of carbonyl (C=O) groups excluding carboxylic acids is 1. The van der Waals surface area contributed by atoms with Crippen molar-refractivity contribution >= 4 is 17.8 Å². The first-order chi connectivity index (χ1) is 5.20. The maximum absolute atomic E-state index is 10.9. The molecule has 0 aromatic heterocycles. The minimum atomic E-state index is -0.198. The lowest BCUT2D eigenvalue weighted by Crippen LogP contribution is -2.08. The lowest BCUT2D eigenvalue weighted by atomic mass is 10.1. The van der Waals surface area contributed by atoms with E-state index < -0.39 is 0 Å². The SMILES string of the molecule is CC(=O)C1C=CN=C(C)N=C1. The predicted octanol–water partition coefficient (Wildman–Crippen LogP) is 1.21. The summed E-state index contributed by atoms with van der Waals surface area (Å²) in [6, 6.07) is 0. The first kappa shape index (κ1) is 7.85. The van der Waals surface area contributed by atoms with Crippen molar-refractivity contribution < 1.29 is 4.79 Å². The molecule has 1 aliphatic rings.